The van der Waals surface area contributed by atoms with Crippen molar-refractivity contribution in [1.29, 1.82) is 0 Å². The molecule has 0 bridgehead atoms. The topological polar surface area (TPSA) is 97.3 Å². The maximum atomic E-state index is 13.0. The van der Waals surface area contributed by atoms with E-state index in [0.29, 0.717) is 6.61 Å². The zero-order chi connectivity index (χ0) is 25.8. The summed E-state index contributed by atoms with van der Waals surface area (Å²) in [5.74, 6) is -1.78. The first-order valence-electron chi connectivity index (χ1n) is 11.4. The summed E-state index contributed by atoms with van der Waals surface area (Å²) in [7, 11) is 1.87. The summed E-state index contributed by atoms with van der Waals surface area (Å²) in [4.78, 5) is 27.7. The molecule has 35 heavy (non-hydrogen) atoms. The number of carbonyl (C=O) groups excluding carboxylic acids is 2. The fourth-order valence-corrected chi connectivity index (χ4v) is 3.81. The molecule has 0 saturated carbocycles. The number of amides is 1. The molecule has 1 unspecified atom stereocenters. The number of hydrogen-bond donors (Lipinski definition) is 2. The second-order valence-electron chi connectivity index (χ2n) is 7.83. The minimum absolute atomic E-state index is 0.0508. The van der Waals surface area contributed by atoms with Crippen molar-refractivity contribution in [2.45, 2.75) is 32.7 Å². The number of phenols is 1. The average Bonchev–Trinajstić information content (AvgIpc) is 2.84. The van der Waals surface area contributed by atoms with Crippen LogP contribution in [-0.2, 0) is 20.7 Å². The third-order valence-electron chi connectivity index (χ3n) is 4.98. The molecule has 10 heteroatoms. The average molecular weight is 527 g/mol. The zero-order valence-corrected chi connectivity index (χ0v) is 21.7. The molecule has 2 aromatic rings. The molecule has 1 atom stereocenters. The van der Waals surface area contributed by atoms with E-state index in [1.807, 2.05) is 56.1 Å². The van der Waals surface area contributed by atoms with Crippen LogP contribution in [0.25, 0.3) is 0 Å². The first kappa shape index (κ1) is 28.7. The number of esters is 1. The van der Waals surface area contributed by atoms with Crippen LogP contribution in [0.5, 0.6) is 11.5 Å². The maximum absolute atomic E-state index is 13.0. The fraction of sp³-hybridized carbons (Fsp3) is 0.440. The Bertz CT molecular complexity index is 974. The van der Waals surface area contributed by atoms with Crippen molar-refractivity contribution in [1.82, 2.24) is 10.2 Å². The lowest BCUT2D eigenvalue weighted by Crippen LogP contribution is -2.43. The van der Waals surface area contributed by atoms with E-state index in [9.17, 15) is 14.7 Å². The molecule has 8 nitrogen and oxygen atoms in total. The standard InChI is InChI=1S/C25H32Cl2N2O6/c1-4-11-29(3)16-35-23-19(26)15-18(22(30)21(23)27)24(31)28-20(14-17-9-7-6-8-10-17)25(32)34-13-12-33-5-2/h6-10,15,20,30H,4-5,11-14,16H2,1-3H3,(H,28,31). The van der Waals surface area contributed by atoms with Crippen molar-refractivity contribution in [3.8, 4) is 11.5 Å². The Hall–Kier alpha value is -2.52. The third kappa shape index (κ3) is 8.89. The number of aromatic hydroxyl groups is 1. The fourth-order valence-electron chi connectivity index (χ4n) is 3.24. The second kappa shape index (κ2) is 14.8. The van der Waals surface area contributed by atoms with Crippen LogP contribution in [0.1, 0.15) is 36.2 Å². The van der Waals surface area contributed by atoms with Crippen molar-refractivity contribution < 1.29 is 28.9 Å². The van der Waals surface area contributed by atoms with E-state index in [2.05, 4.69) is 5.32 Å². The van der Waals surface area contributed by atoms with Gasteiger partial charge < -0.3 is 24.6 Å². The van der Waals surface area contributed by atoms with Gasteiger partial charge in [-0.25, -0.2) is 4.79 Å². The van der Waals surface area contributed by atoms with Gasteiger partial charge in [0.15, 0.2) is 11.5 Å². The molecule has 0 heterocycles. The molecular formula is C25H32Cl2N2O6. The van der Waals surface area contributed by atoms with E-state index in [1.54, 1.807) is 0 Å². The largest absolute Gasteiger partial charge is 0.505 e. The lowest BCUT2D eigenvalue weighted by molar-refractivity contribution is -0.147. The van der Waals surface area contributed by atoms with Gasteiger partial charge in [0.05, 0.1) is 17.2 Å². The number of nitrogens with zero attached hydrogens (tertiary/aromatic N) is 1. The van der Waals surface area contributed by atoms with Crippen molar-refractivity contribution in [2.75, 3.05) is 40.1 Å². The first-order valence-corrected chi connectivity index (χ1v) is 12.1. The van der Waals surface area contributed by atoms with Crippen LogP contribution in [0, 0.1) is 0 Å². The zero-order valence-electron chi connectivity index (χ0n) is 20.2. The Balaban J connectivity index is 2.20. The van der Waals surface area contributed by atoms with Crippen LogP contribution in [-0.4, -0.2) is 68.1 Å². The summed E-state index contributed by atoms with van der Waals surface area (Å²) in [6.07, 6.45) is 1.12. The predicted molar refractivity (Wildman–Crippen MR) is 135 cm³/mol. The molecule has 2 aromatic carbocycles. The molecule has 0 aliphatic rings. The van der Waals surface area contributed by atoms with Crippen molar-refractivity contribution in [2.24, 2.45) is 0 Å². The Labute approximate surface area is 216 Å². The van der Waals surface area contributed by atoms with Gasteiger partial charge in [0.25, 0.3) is 5.91 Å². The number of phenolic OH excluding ortho intramolecular Hbond substituents is 1. The van der Waals surface area contributed by atoms with Gasteiger partial charge in [-0.05, 0) is 32.0 Å². The first-order chi connectivity index (χ1) is 16.8. The summed E-state index contributed by atoms with van der Waals surface area (Å²) in [6, 6.07) is 9.42. The lowest BCUT2D eigenvalue weighted by Gasteiger charge is -2.20. The molecule has 2 rings (SSSR count). The molecule has 192 valence electrons. The highest BCUT2D eigenvalue weighted by atomic mass is 35.5. The molecule has 0 aliphatic carbocycles. The molecular weight excluding hydrogens is 495 g/mol. The Morgan fingerprint density at radius 1 is 1.14 bits per heavy atom. The molecule has 0 spiro atoms. The highest BCUT2D eigenvalue weighted by molar-refractivity contribution is 6.39. The van der Waals surface area contributed by atoms with Gasteiger partial charge in [0.2, 0.25) is 0 Å². The molecule has 0 aliphatic heterocycles. The molecule has 0 saturated heterocycles. The predicted octanol–water partition coefficient (Wildman–Crippen LogP) is 4.30. The lowest BCUT2D eigenvalue weighted by atomic mass is 10.1. The Kier molecular flexibility index (Phi) is 12.1. The van der Waals surface area contributed by atoms with Crippen LogP contribution in [0.4, 0.5) is 0 Å². The molecule has 1 amide bonds. The number of nitrogens with one attached hydrogen (secondary N) is 1. The minimum atomic E-state index is -1.01. The number of benzene rings is 2. The van der Waals surface area contributed by atoms with E-state index in [1.165, 1.54) is 6.07 Å². The van der Waals surface area contributed by atoms with E-state index < -0.39 is 23.7 Å². The summed E-state index contributed by atoms with van der Waals surface area (Å²) in [5, 5.41) is 13.1. The SMILES string of the molecule is CCCN(C)COc1c(Cl)cc(C(=O)NC(Cc2ccccc2)C(=O)OCCOCC)c(O)c1Cl. The normalized spacial score (nSPS) is 11.8. The van der Waals surface area contributed by atoms with Crippen molar-refractivity contribution in [3.05, 3.63) is 57.6 Å². The van der Waals surface area contributed by atoms with Crippen LogP contribution < -0.4 is 10.1 Å². The van der Waals surface area contributed by atoms with Gasteiger partial charge in [-0.1, -0.05) is 60.5 Å². The van der Waals surface area contributed by atoms with E-state index in [-0.39, 0.29) is 47.7 Å². The Morgan fingerprint density at radius 3 is 2.51 bits per heavy atom. The van der Waals surface area contributed by atoms with E-state index in [0.717, 1.165) is 18.5 Å². The summed E-state index contributed by atoms with van der Waals surface area (Å²) < 4.78 is 16.1. The van der Waals surface area contributed by atoms with Gasteiger partial charge in [-0.15, -0.1) is 0 Å². The number of rotatable bonds is 14. The quantitative estimate of drug-likeness (QED) is 0.215. The smallest absolute Gasteiger partial charge is 0.329 e. The van der Waals surface area contributed by atoms with Crippen LogP contribution in [0.3, 0.4) is 0 Å². The highest BCUT2D eigenvalue weighted by Gasteiger charge is 2.27. The van der Waals surface area contributed by atoms with Crippen molar-refractivity contribution >= 4 is 35.1 Å². The number of ether oxygens (including phenoxy) is 3. The van der Waals surface area contributed by atoms with Crippen LogP contribution in [0.2, 0.25) is 10.0 Å². The number of halogens is 2. The van der Waals surface area contributed by atoms with Crippen LogP contribution >= 0.6 is 23.2 Å². The monoisotopic (exact) mass is 526 g/mol. The molecule has 0 aromatic heterocycles. The van der Waals surface area contributed by atoms with Gasteiger partial charge in [0, 0.05) is 19.6 Å². The summed E-state index contributed by atoms with van der Waals surface area (Å²) >= 11 is 12.6. The van der Waals surface area contributed by atoms with Gasteiger partial charge in [0.1, 0.15) is 24.4 Å². The van der Waals surface area contributed by atoms with E-state index in [4.69, 9.17) is 37.4 Å². The maximum Gasteiger partial charge on any atom is 0.329 e. The molecule has 0 fully saturated rings. The molecule has 0 radical (unpaired) electrons. The van der Waals surface area contributed by atoms with Crippen LogP contribution in [0.15, 0.2) is 36.4 Å². The number of hydrogen-bond acceptors (Lipinski definition) is 7. The summed E-state index contributed by atoms with van der Waals surface area (Å²) in [5.41, 5.74) is 0.634. The van der Waals surface area contributed by atoms with Gasteiger partial charge in [-0.3, -0.25) is 9.69 Å². The minimum Gasteiger partial charge on any atom is -0.505 e. The highest BCUT2D eigenvalue weighted by Crippen LogP contribution is 2.42. The van der Waals surface area contributed by atoms with Gasteiger partial charge in [-0.2, -0.15) is 0 Å². The van der Waals surface area contributed by atoms with Gasteiger partial charge >= 0.3 is 5.97 Å². The number of carbonyl (C=O) groups is 2. The Morgan fingerprint density at radius 2 is 1.86 bits per heavy atom. The van der Waals surface area contributed by atoms with E-state index >= 15 is 0 Å². The second-order valence-corrected chi connectivity index (χ2v) is 8.62. The van der Waals surface area contributed by atoms with Crippen molar-refractivity contribution in [3.63, 3.8) is 0 Å². The summed E-state index contributed by atoms with van der Waals surface area (Å²) in [6.45, 7) is 5.66. The third-order valence-corrected chi connectivity index (χ3v) is 5.61. The molecule has 2 N–H and O–H groups in total.